The van der Waals surface area contributed by atoms with Gasteiger partial charge in [0.2, 0.25) is 0 Å². The van der Waals surface area contributed by atoms with Crippen LogP contribution in [0, 0.1) is 11.8 Å². The molecule has 0 amide bonds. The van der Waals surface area contributed by atoms with E-state index in [1.165, 1.54) is 64.7 Å². The van der Waals surface area contributed by atoms with Gasteiger partial charge in [0.15, 0.2) is 0 Å². The molecule has 2 heterocycles. The molecule has 1 atom stereocenters. The molecule has 3 nitrogen and oxygen atoms in total. The van der Waals surface area contributed by atoms with Crippen LogP contribution < -0.4 is 5.73 Å². The maximum absolute atomic E-state index is 6.27. The zero-order valence-electron chi connectivity index (χ0n) is 13.5. The van der Waals surface area contributed by atoms with Crippen molar-refractivity contribution in [2.45, 2.75) is 64.0 Å². The van der Waals surface area contributed by atoms with E-state index in [-0.39, 0.29) is 0 Å². The highest BCUT2D eigenvalue weighted by Crippen LogP contribution is 2.40. The average Bonchev–Trinajstić information content (AvgIpc) is 2.94. The lowest BCUT2D eigenvalue weighted by atomic mass is 9.71. The van der Waals surface area contributed by atoms with Crippen molar-refractivity contribution in [2.75, 3.05) is 32.7 Å². The summed E-state index contributed by atoms with van der Waals surface area (Å²) in [6.45, 7) is 10.8. The predicted octanol–water partition coefficient (Wildman–Crippen LogP) is 2.31. The van der Waals surface area contributed by atoms with Crippen LogP contribution in [0.4, 0.5) is 0 Å². The molecule has 1 saturated carbocycles. The third-order valence-electron chi connectivity index (χ3n) is 6.54. The van der Waals surface area contributed by atoms with Gasteiger partial charge in [-0.3, -0.25) is 9.80 Å². The maximum Gasteiger partial charge on any atom is 0.0333 e. The summed E-state index contributed by atoms with van der Waals surface area (Å²) in [7, 11) is 0. The number of hydrogen-bond donors (Lipinski definition) is 1. The second-order valence-corrected chi connectivity index (χ2v) is 7.79. The number of piperazine rings is 1. The fourth-order valence-corrected chi connectivity index (χ4v) is 4.92. The monoisotopic (exact) mass is 279 g/mol. The highest BCUT2D eigenvalue weighted by Gasteiger charge is 2.43. The quantitative estimate of drug-likeness (QED) is 0.860. The molecule has 3 fully saturated rings. The van der Waals surface area contributed by atoms with E-state index in [1.807, 2.05) is 0 Å². The summed E-state index contributed by atoms with van der Waals surface area (Å²) in [6, 6.07) is 0.829. The first-order chi connectivity index (χ1) is 9.64. The Morgan fingerprint density at radius 3 is 2.50 bits per heavy atom. The summed E-state index contributed by atoms with van der Waals surface area (Å²) in [5.41, 5.74) is 6.61. The van der Waals surface area contributed by atoms with E-state index >= 15 is 0 Å². The minimum absolute atomic E-state index is 0.333. The minimum atomic E-state index is 0.333. The van der Waals surface area contributed by atoms with Crippen LogP contribution in [0.25, 0.3) is 0 Å². The van der Waals surface area contributed by atoms with Gasteiger partial charge >= 0.3 is 0 Å². The van der Waals surface area contributed by atoms with Gasteiger partial charge in [-0.25, -0.2) is 0 Å². The fourth-order valence-electron chi connectivity index (χ4n) is 4.92. The summed E-state index contributed by atoms with van der Waals surface area (Å²) in [4.78, 5) is 5.50. The van der Waals surface area contributed by atoms with E-state index < -0.39 is 0 Å². The van der Waals surface area contributed by atoms with Gasteiger partial charge in [-0.1, -0.05) is 13.8 Å². The number of nitrogens with zero attached hydrogens (tertiary/aromatic N) is 2. The van der Waals surface area contributed by atoms with Crippen LogP contribution in [-0.2, 0) is 0 Å². The van der Waals surface area contributed by atoms with Crippen molar-refractivity contribution in [1.82, 2.24) is 9.80 Å². The van der Waals surface area contributed by atoms with E-state index in [9.17, 15) is 0 Å². The minimum Gasteiger partial charge on any atom is -0.329 e. The maximum atomic E-state index is 6.27. The number of nitrogens with two attached hydrogens (primary N) is 1. The first-order valence-electron chi connectivity index (χ1n) is 8.84. The normalized spacial score (nSPS) is 40.2. The number of rotatable bonds is 3. The molecule has 0 spiro atoms. The molecule has 3 heteroatoms. The Labute approximate surface area is 124 Å². The van der Waals surface area contributed by atoms with Crippen LogP contribution in [0.2, 0.25) is 0 Å². The van der Waals surface area contributed by atoms with E-state index in [4.69, 9.17) is 5.73 Å². The first kappa shape index (κ1) is 14.8. The van der Waals surface area contributed by atoms with Crippen molar-refractivity contribution in [2.24, 2.45) is 17.6 Å². The Hall–Kier alpha value is -0.120. The lowest BCUT2D eigenvalue weighted by molar-refractivity contribution is -0.0140. The van der Waals surface area contributed by atoms with E-state index in [1.54, 1.807) is 0 Å². The zero-order chi connectivity index (χ0) is 14.2. The molecule has 2 aliphatic heterocycles. The van der Waals surface area contributed by atoms with E-state index in [0.717, 1.165) is 24.4 Å². The molecule has 0 radical (unpaired) electrons. The summed E-state index contributed by atoms with van der Waals surface area (Å²) < 4.78 is 0. The second kappa shape index (κ2) is 5.94. The molecule has 0 aromatic carbocycles. The summed E-state index contributed by atoms with van der Waals surface area (Å²) in [6.07, 6.45) is 8.26. The highest BCUT2D eigenvalue weighted by molar-refractivity contribution is 5.00. The molecular weight excluding hydrogens is 246 g/mol. The molecule has 3 aliphatic rings. The van der Waals surface area contributed by atoms with Crippen molar-refractivity contribution in [1.29, 1.82) is 0 Å². The van der Waals surface area contributed by atoms with Gasteiger partial charge in [0.1, 0.15) is 0 Å². The topological polar surface area (TPSA) is 32.5 Å². The van der Waals surface area contributed by atoms with Gasteiger partial charge in [-0.05, 0) is 56.9 Å². The Bertz CT molecular complexity index is 320. The van der Waals surface area contributed by atoms with Crippen LogP contribution in [0.3, 0.4) is 0 Å². The third kappa shape index (κ3) is 2.65. The largest absolute Gasteiger partial charge is 0.329 e. The molecule has 20 heavy (non-hydrogen) atoms. The molecule has 1 aliphatic carbocycles. The van der Waals surface area contributed by atoms with Crippen LogP contribution in [-0.4, -0.2) is 54.1 Å². The summed E-state index contributed by atoms with van der Waals surface area (Å²) in [5.74, 6) is 1.78. The Morgan fingerprint density at radius 1 is 1.10 bits per heavy atom. The molecule has 2 saturated heterocycles. The summed E-state index contributed by atoms with van der Waals surface area (Å²) in [5, 5.41) is 0. The molecule has 2 N–H and O–H groups in total. The third-order valence-corrected chi connectivity index (χ3v) is 6.54. The van der Waals surface area contributed by atoms with Crippen molar-refractivity contribution in [3.05, 3.63) is 0 Å². The highest BCUT2D eigenvalue weighted by atomic mass is 15.3. The molecule has 0 aromatic heterocycles. The van der Waals surface area contributed by atoms with E-state index in [2.05, 4.69) is 23.6 Å². The standard InChI is InChI=1S/C17H33N3/c1-14(2)15-5-7-17(13-18,8-6-15)20-11-10-19-9-3-4-16(19)12-20/h14-16H,3-13,18H2,1-2H3. The lowest BCUT2D eigenvalue weighted by Crippen LogP contribution is -2.63. The molecular formula is C17H33N3. The average molecular weight is 279 g/mol. The SMILES string of the molecule is CC(C)C1CCC(CN)(N2CCN3CCCC3C2)CC1. The first-order valence-corrected chi connectivity index (χ1v) is 8.84. The van der Waals surface area contributed by atoms with Gasteiger partial charge in [-0.15, -0.1) is 0 Å². The summed E-state index contributed by atoms with van der Waals surface area (Å²) >= 11 is 0. The van der Waals surface area contributed by atoms with Gasteiger partial charge < -0.3 is 5.73 Å². The van der Waals surface area contributed by atoms with Crippen LogP contribution in [0.15, 0.2) is 0 Å². The van der Waals surface area contributed by atoms with Crippen molar-refractivity contribution in [3.63, 3.8) is 0 Å². The molecule has 3 rings (SSSR count). The molecule has 116 valence electrons. The molecule has 0 bridgehead atoms. The van der Waals surface area contributed by atoms with Crippen molar-refractivity contribution >= 4 is 0 Å². The fraction of sp³-hybridized carbons (Fsp3) is 1.00. The van der Waals surface area contributed by atoms with Crippen molar-refractivity contribution in [3.8, 4) is 0 Å². The number of fused-ring (bicyclic) bond motifs is 1. The van der Waals surface area contributed by atoms with Gasteiger partial charge in [-0.2, -0.15) is 0 Å². The van der Waals surface area contributed by atoms with Gasteiger partial charge in [0.05, 0.1) is 0 Å². The Balaban J connectivity index is 1.64. The van der Waals surface area contributed by atoms with Crippen LogP contribution >= 0.6 is 0 Å². The Morgan fingerprint density at radius 2 is 1.85 bits per heavy atom. The van der Waals surface area contributed by atoms with Gasteiger partial charge in [0, 0.05) is 37.8 Å². The second-order valence-electron chi connectivity index (χ2n) is 7.79. The predicted molar refractivity (Wildman–Crippen MR) is 84.7 cm³/mol. The lowest BCUT2D eigenvalue weighted by Gasteiger charge is -2.52. The van der Waals surface area contributed by atoms with Crippen LogP contribution in [0.1, 0.15) is 52.4 Å². The molecule has 0 aromatic rings. The Kier molecular flexibility index (Phi) is 4.40. The molecule has 1 unspecified atom stereocenters. The van der Waals surface area contributed by atoms with Crippen molar-refractivity contribution < 1.29 is 0 Å². The zero-order valence-corrected chi connectivity index (χ0v) is 13.5. The number of hydrogen-bond acceptors (Lipinski definition) is 3. The smallest absolute Gasteiger partial charge is 0.0333 e. The van der Waals surface area contributed by atoms with E-state index in [0.29, 0.717) is 5.54 Å². The van der Waals surface area contributed by atoms with Gasteiger partial charge in [0.25, 0.3) is 0 Å². The van der Waals surface area contributed by atoms with Crippen LogP contribution in [0.5, 0.6) is 0 Å².